The number of non-ortho nitro benzene ring substituents is 1. The highest BCUT2D eigenvalue weighted by atomic mass is 32.1. The summed E-state index contributed by atoms with van der Waals surface area (Å²) < 4.78 is 5.53. The van der Waals surface area contributed by atoms with Gasteiger partial charge in [-0.05, 0) is 24.4 Å². The standard InChI is InChI=1S/C14H10N4O6S/c1-7(13-16-10-4-5-25-12(10)14(19)24-13)15-9-3-2-8(17(20)21)6-11(9)18(22)23/h2-7,15H,1H3/t7-/m0/s1. The summed E-state index contributed by atoms with van der Waals surface area (Å²) in [5, 5.41) is 26.4. The van der Waals surface area contributed by atoms with Gasteiger partial charge in [-0.2, -0.15) is 0 Å². The number of thiophene rings is 1. The zero-order valence-corrected chi connectivity index (χ0v) is 13.5. The molecule has 0 amide bonds. The van der Waals surface area contributed by atoms with Crippen LogP contribution in [0.2, 0.25) is 0 Å². The van der Waals surface area contributed by atoms with Gasteiger partial charge in [-0.3, -0.25) is 20.2 Å². The van der Waals surface area contributed by atoms with Crippen molar-refractivity contribution in [2.24, 2.45) is 0 Å². The number of hydrogen-bond donors (Lipinski definition) is 1. The molecule has 0 saturated carbocycles. The molecule has 128 valence electrons. The van der Waals surface area contributed by atoms with Crippen LogP contribution in [0, 0.1) is 20.2 Å². The van der Waals surface area contributed by atoms with E-state index >= 15 is 0 Å². The van der Waals surface area contributed by atoms with E-state index in [1.165, 1.54) is 17.4 Å². The molecular weight excluding hydrogens is 352 g/mol. The Morgan fingerprint density at radius 2 is 2.00 bits per heavy atom. The van der Waals surface area contributed by atoms with Crippen LogP contribution in [0.25, 0.3) is 10.2 Å². The van der Waals surface area contributed by atoms with Crippen LogP contribution in [0.4, 0.5) is 17.1 Å². The molecule has 0 saturated heterocycles. The first-order valence-electron chi connectivity index (χ1n) is 6.94. The lowest BCUT2D eigenvalue weighted by atomic mass is 10.2. The van der Waals surface area contributed by atoms with E-state index in [1.54, 1.807) is 18.4 Å². The van der Waals surface area contributed by atoms with Crippen LogP contribution in [0.5, 0.6) is 0 Å². The molecule has 0 aliphatic carbocycles. The number of nitrogens with zero attached hydrogens (tertiary/aromatic N) is 3. The third-order valence-electron chi connectivity index (χ3n) is 3.39. The normalized spacial score (nSPS) is 12.0. The predicted molar refractivity (Wildman–Crippen MR) is 89.9 cm³/mol. The first-order chi connectivity index (χ1) is 11.9. The van der Waals surface area contributed by atoms with E-state index in [2.05, 4.69) is 10.3 Å². The minimum absolute atomic E-state index is 0.0537. The molecule has 0 spiro atoms. The maximum Gasteiger partial charge on any atom is 0.357 e. The minimum atomic E-state index is -0.728. The van der Waals surface area contributed by atoms with E-state index in [9.17, 15) is 25.0 Å². The van der Waals surface area contributed by atoms with Crippen molar-refractivity contribution in [2.45, 2.75) is 13.0 Å². The number of nitrogens with one attached hydrogen (secondary N) is 1. The summed E-state index contributed by atoms with van der Waals surface area (Å²) in [6.07, 6.45) is 0. The van der Waals surface area contributed by atoms with Gasteiger partial charge in [0, 0.05) is 6.07 Å². The van der Waals surface area contributed by atoms with Crippen molar-refractivity contribution in [2.75, 3.05) is 5.32 Å². The Morgan fingerprint density at radius 1 is 1.24 bits per heavy atom. The van der Waals surface area contributed by atoms with Crippen LogP contribution in [0.3, 0.4) is 0 Å². The van der Waals surface area contributed by atoms with Gasteiger partial charge in [-0.25, -0.2) is 9.78 Å². The van der Waals surface area contributed by atoms with Gasteiger partial charge in [-0.15, -0.1) is 11.3 Å². The molecule has 0 bridgehead atoms. The van der Waals surface area contributed by atoms with Crippen molar-refractivity contribution in [3.05, 3.63) is 66.2 Å². The summed E-state index contributed by atoms with van der Waals surface area (Å²) >= 11 is 1.21. The summed E-state index contributed by atoms with van der Waals surface area (Å²) in [5.41, 5.74) is -0.864. The van der Waals surface area contributed by atoms with Gasteiger partial charge in [0.1, 0.15) is 16.4 Å². The van der Waals surface area contributed by atoms with Gasteiger partial charge in [0.15, 0.2) is 0 Å². The molecule has 11 heteroatoms. The van der Waals surface area contributed by atoms with Crippen molar-refractivity contribution >= 4 is 38.6 Å². The average Bonchev–Trinajstić information content (AvgIpc) is 3.03. The van der Waals surface area contributed by atoms with Crippen LogP contribution in [0.1, 0.15) is 18.9 Å². The number of fused-ring (bicyclic) bond motifs is 1. The lowest BCUT2D eigenvalue weighted by Crippen LogP contribution is -2.13. The third kappa shape index (κ3) is 3.17. The van der Waals surface area contributed by atoms with E-state index in [0.29, 0.717) is 10.2 Å². The molecular formula is C14H10N4O6S. The molecule has 0 aliphatic heterocycles. The van der Waals surface area contributed by atoms with Crippen molar-refractivity contribution < 1.29 is 14.3 Å². The number of anilines is 1. The highest BCUT2D eigenvalue weighted by Gasteiger charge is 2.22. The summed E-state index contributed by atoms with van der Waals surface area (Å²) in [4.78, 5) is 36.6. The number of rotatable bonds is 5. The van der Waals surface area contributed by atoms with Crippen molar-refractivity contribution in [1.29, 1.82) is 0 Å². The second-order valence-corrected chi connectivity index (χ2v) is 5.97. The molecule has 0 fully saturated rings. The Bertz CT molecular complexity index is 1040. The second kappa shape index (κ2) is 6.28. The molecule has 1 N–H and O–H groups in total. The molecule has 3 aromatic rings. The molecule has 2 heterocycles. The van der Waals surface area contributed by atoms with E-state index in [0.717, 1.165) is 12.1 Å². The number of nitro groups is 2. The maximum atomic E-state index is 11.9. The van der Waals surface area contributed by atoms with E-state index in [-0.39, 0.29) is 11.6 Å². The minimum Gasteiger partial charge on any atom is -0.405 e. The molecule has 1 atom stereocenters. The third-order valence-corrected chi connectivity index (χ3v) is 4.27. The van der Waals surface area contributed by atoms with Crippen LogP contribution >= 0.6 is 11.3 Å². The Hall–Kier alpha value is -3.34. The first kappa shape index (κ1) is 16.5. The highest BCUT2D eigenvalue weighted by molar-refractivity contribution is 7.17. The van der Waals surface area contributed by atoms with E-state index in [1.807, 2.05) is 0 Å². The zero-order chi connectivity index (χ0) is 18.1. The van der Waals surface area contributed by atoms with Crippen molar-refractivity contribution in [3.63, 3.8) is 0 Å². The van der Waals surface area contributed by atoms with Crippen molar-refractivity contribution in [3.8, 4) is 0 Å². The smallest absolute Gasteiger partial charge is 0.357 e. The Labute approximate surface area is 143 Å². The van der Waals surface area contributed by atoms with Gasteiger partial charge in [-0.1, -0.05) is 0 Å². The lowest BCUT2D eigenvalue weighted by molar-refractivity contribution is -0.393. The highest BCUT2D eigenvalue weighted by Crippen LogP contribution is 2.31. The first-order valence-corrected chi connectivity index (χ1v) is 7.82. The fourth-order valence-corrected chi connectivity index (χ4v) is 2.92. The second-order valence-electron chi connectivity index (χ2n) is 5.06. The van der Waals surface area contributed by atoms with Crippen LogP contribution in [-0.2, 0) is 0 Å². The Balaban J connectivity index is 1.96. The van der Waals surface area contributed by atoms with E-state index < -0.39 is 32.9 Å². The van der Waals surface area contributed by atoms with Crippen molar-refractivity contribution in [1.82, 2.24) is 4.98 Å². The molecule has 2 aromatic heterocycles. The monoisotopic (exact) mass is 362 g/mol. The molecule has 25 heavy (non-hydrogen) atoms. The molecule has 1 aromatic carbocycles. The largest absolute Gasteiger partial charge is 0.405 e. The summed E-state index contributed by atoms with van der Waals surface area (Å²) in [7, 11) is 0. The number of aromatic nitrogens is 1. The molecule has 10 nitrogen and oxygen atoms in total. The fraction of sp³-hybridized carbons (Fsp3) is 0.143. The van der Waals surface area contributed by atoms with Crippen LogP contribution in [-0.4, -0.2) is 14.8 Å². The lowest BCUT2D eigenvalue weighted by Gasteiger charge is -2.13. The molecule has 0 unspecified atom stereocenters. The topological polar surface area (TPSA) is 141 Å². The Morgan fingerprint density at radius 3 is 2.68 bits per heavy atom. The maximum absolute atomic E-state index is 11.9. The average molecular weight is 362 g/mol. The van der Waals surface area contributed by atoms with Gasteiger partial charge in [0.25, 0.3) is 11.4 Å². The van der Waals surface area contributed by atoms with Gasteiger partial charge < -0.3 is 9.73 Å². The number of nitro benzene ring substituents is 2. The van der Waals surface area contributed by atoms with Gasteiger partial charge in [0.2, 0.25) is 5.89 Å². The van der Waals surface area contributed by atoms with Gasteiger partial charge >= 0.3 is 5.63 Å². The molecule has 3 rings (SSSR count). The number of benzene rings is 1. The van der Waals surface area contributed by atoms with Gasteiger partial charge in [0.05, 0.1) is 21.4 Å². The van der Waals surface area contributed by atoms with E-state index in [4.69, 9.17) is 4.42 Å². The zero-order valence-electron chi connectivity index (χ0n) is 12.7. The van der Waals surface area contributed by atoms with Crippen LogP contribution in [0.15, 0.2) is 38.9 Å². The quantitative estimate of drug-likeness (QED) is 0.538. The summed E-state index contributed by atoms with van der Waals surface area (Å²) in [5.74, 6) is 0.0588. The predicted octanol–water partition coefficient (Wildman–Crippen LogP) is 3.24. The Kier molecular flexibility index (Phi) is 4.15. The molecule has 0 radical (unpaired) electrons. The van der Waals surface area contributed by atoms with Crippen LogP contribution < -0.4 is 10.9 Å². The fourth-order valence-electron chi connectivity index (χ4n) is 2.21. The molecule has 0 aliphatic rings. The summed E-state index contributed by atoms with van der Waals surface area (Å²) in [6, 6.07) is 4.24. The number of hydrogen-bond acceptors (Lipinski definition) is 9. The SMILES string of the molecule is C[C@H](Nc1ccc([N+](=O)[O-])cc1[N+](=O)[O-])c1nc2ccsc2c(=O)o1. The summed E-state index contributed by atoms with van der Waals surface area (Å²) in [6.45, 7) is 1.61.